The van der Waals surface area contributed by atoms with Crippen molar-refractivity contribution in [3.63, 3.8) is 0 Å². The second kappa shape index (κ2) is 9.23. The van der Waals surface area contributed by atoms with Gasteiger partial charge in [0.15, 0.2) is 6.54 Å². The average Bonchev–Trinajstić information content (AvgIpc) is 2.61. The summed E-state index contributed by atoms with van der Waals surface area (Å²) in [6, 6.07) is 18.9. The number of hydrogen-bond acceptors (Lipinski definition) is 2. The summed E-state index contributed by atoms with van der Waals surface area (Å²) in [6.45, 7) is 5.39. The molecule has 2 rings (SSSR count). The first-order chi connectivity index (χ1) is 12.0. The van der Waals surface area contributed by atoms with Crippen LogP contribution in [-0.4, -0.2) is 26.5 Å². The lowest BCUT2D eigenvalue weighted by atomic mass is 9.96. The van der Waals surface area contributed by atoms with Crippen LogP contribution in [0.1, 0.15) is 31.0 Å². The number of nitrogens with one attached hydrogen (secondary N) is 1. The Morgan fingerprint density at radius 3 is 2.24 bits per heavy atom. The van der Waals surface area contributed by atoms with E-state index in [-0.39, 0.29) is 5.91 Å². The van der Waals surface area contributed by atoms with Gasteiger partial charge in [0.25, 0.3) is 5.91 Å². The fourth-order valence-electron chi connectivity index (χ4n) is 2.89. The van der Waals surface area contributed by atoms with Crippen LogP contribution in [0.15, 0.2) is 54.6 Å². The normalized spacial score (nSPS) is 12.0. The van der Waals surface area contributed by atoms with Gasteiger partial charge in [-0.2, -0.15) is 0 Å². The van der Waals surface area contributed by atoms with E-state index >= 15 is 0 Å². The Balaban J connectivity index is 1.83. The predicted molar refractivity (Wildman–Crippen MR) is 103 cm³/mol. The van der Waals surface area contributed by atoms with Crippen LogP contribution in [-0.2, 0) is 11.3 Å². The molecule has 134 valence electrons. The Morgan fingerprint density at radius 2 is 1.68 bits per heavy atom. The van der Waals surface area contributed by atoms with Gasteiger partial charge >= 0.3 is 0 Å². The first kappa shape index (κ1) is 19.0. The molecule has 2 aromatic rings. The lowest BCUT2D eigenvalue weighted by Crippen LogP contribution is -2.88. The average molecular weight is 340 g/mol. The Kier molecular flexibility index (Phi) is 7.02. The molecule has 0 aliphatic carbocycles. The van der Waals surface area contributed by atoms with Crippen LogP contribution in [0.25, 0.3) is 0 Å². The molecule has 4 heteroatoms. The third kappa shape index (κ3) is 5.91. The zero-order valence-corrected chi connectivity index (χ0v) is 15.7. The molecule has 0 fully saturated rings. The zero-order valence-electron chi connectivity index (χ0n) is 15.7. The summed E-state index contributed by atoms with van der Waals surface area (Å²) in [5.74, 6) is 0.534. The van der Waals surface area contributed by atoms with Gasteiger partial charge in [0, 0.05) is 37.8 Å². The molecule has 1 atom stereocenters. The number of carbonyl (C=O) groups is 1. The molecule has 0 bridgehead atoms. The molecule has 0 radical (unpaired) electrons. The molecule has 0 aromatic heterocycles. The quantitative estimate of drug-likeness (QED) is 0.775. The van der Waals surface area contributed by atoms with Gasteiger partial charge in [0.1, 0.15) is 6.04 Å². The summed E-state index contributed by atoms with van der Waals surface area (Å²) in [4.78, 5) is 14.3. The first-order valence-electron chi connectivity index (χ1n) is 8.88. The molecule has 0 unspecified atom stereocenters. The van der Waals surface area contributed by atoms with Crippen molar-refractivity contribution in [3.05, 3.63) is 65.7 Å². The van der Waals surface area contributed by atoms with E-state index in [1.165, 1.54) is 5.56 Å². The fraction of sp³-hybridized carbons (Fsp3) is 0.381. The van der Waals surface area contributed by atoms with Gasteiger partial charge in [-0.3, -0.25) is 4.79 Å². The molecule has 0 spiro atoms. The van der Waals surface area contributed by atoms with E-state index in [4.69, 9.17) is 0 Å². The minimum atomic E-state index is 0.0678. The Bertz CT molecular complexity index is 651. The van der Waals surface area contributed by atoms with Crippen molar-refractivity contribution in [3.8, 4) is 0 Å². The summed E-state index contributed by atoms with van der Waals surface area (Å²) in [7, 11) is 4.04. The number of benzene rings is 2. The second-order valence-corrected chi connectivity index (χ2v) is 6.96. The summed E-state index contributed by atoms with van der Waals surface area (Å²) < 4.78 is 0. The van der Waals surface area contributed by atoms with Crippen LogP contribution >= 0.6 is 0 Å². The number of hydrogen-bond donors (Lipinski definition) is 2. The molecule has 1 amide bonds. The summed E-state index contributed by atoms with van der Waals surface area (Å²) in [5.41, 5.74) is 3.54. The highest BCUT2D eigenvalue weighted by Crippen LogP contribution is 2.16. The predicted octanol–water partition coefficient (Wildman–Crippen LogP) is 2.33. The third-order valence-electron chi connectivity index (χ3n) is 4.40. The Labute approximate surface area is 151 Å². The molecule has 4 nitrogen and oxygen atoms in total. The maximum Gasteiger partial charge on any atom is 0.275 e. The maximum atomic E-state index is 12.2. The van der Waals surface area contributed by atoms with Gasteiger partial charge in [0.05, 0.1) is 0 Å². The van der Waals surface area contributed by atoms with Crippen LogP contribution in [0.4, 0.5) is 5.69 Å². The van der Waals surface area contributed by atoms with Crippen LogP contribution < -0.4 is 15.5 Å². The highest BCUT2D eigenvalue weighted by Gasteiger charge is 2.19. The molecule has 0 saturated carbocycles. The van der Waals surface area contributed by atoms with Crippen LogP contribution in [0.2, 0.25) is 0 Å². The SMILES string of the molecule is CC(C)[C@H]([NH2+]CC(=O)NCc1ccc(N(C)C)cc1)c1ccccc1. The van der Waals surface area contributed by atoms with E-state index in [0.717, 1.165) is 11.3 Å². The number of rotatable bonds is 8. The molecular formula is C21H30N3O+. The van der Waals surface area contributed by atoms with E-state index in [2.05, 4.69) is 77.9 Å². The van der Waals surface area contributed by atoms with Gasteiger partial charge < -0.3 is 15.5 Å². The van der Waals surface area contributed by atoms with E-state index in [1.54, 1.807) is 0 Å². The molecular weight excluding hydrogens is 310 g/mol. The van der Waals surface area contributed by atoms with Gasteiger partial charge in [-0.05, 0) is 17.7 Å². The molecule has 0 aliphatic heterocycles. The van der Waals surface area contributed by atoms with E-state index < -0.39 is 0 Å². The van der Waals surface area contributed by atoms with Gasteiger partial charge in [-0.25, -0.2) is 0 Å². The van der Waals surface area contributed by atoms with Crippen molar-refractivity contribution in [2.24, 2.45) is 5.92 Å². The van der Waals surface area contributed by atoms with Crippen molar-refractivity contribution in [1.82, 2.24) is 5.32 Å². The number of carbonyl (C=O) groups excluding carboxylic acids is 1. The summed E-state index contributed by atoms with van der Waals surface area (Å²) >= 11 is 0. The smallest absolute Gasteiger partial charge is 0.275 e. The zero-order chi connectivity index (χ0) is 18.2. The third-order valence-corrected chi connectivity index (χ3v) is 4.40. The molecule has 3 N–H and O–H groups in total. The van der Waals surface area contributed by atoms with Gasteiger partial charge in [-0.15, -0.1) is 0 Å². The molecule has 0 saturated heterocycles. The molecule has 0 aliphatic rings. The van der Waals surface area contributed by atoms with E-state index in [1.807, 2.05) is 20.2 Å². The highest BCUT2D eigenvalue weighted by atomic mass is 16.1. The maximum absolute atomic E-state index is 12.2. The van der Waals surface area contributed by atoms with Crippen LogP contribution in [0, 0.1) is 5.92 Å². The van der Waals surface area contributed by atoms with Crippen molar-refractivity contribution in [2.75, 3.05) is 25.5 Å². The number of nitrogens with zero attached hydrogens (tertiary/aromatic N) is 1. The number of quaternary nitrogens is 1. The Morgan fingerprint density at radius 1 is 1.04 bits per heavy atom. The summed E-state index contributed by atoms with van der Waals surface area (Å²) in [6.07, 6.45) is 0. The van der Waals surface area contributed by atoms with Gasteiger partial charge in [-0.1, -0.05) is 56.3 Å². The van der Waals surface area contributed by atoms with Crippen molar-refractivity contribution in [2.45, 2.75) is 26.4 Å². The van der Waals surface area contributed by atoms with E-state index in [9.17, 15) is 4.79 Å². The highest BCUT2D eigenvalue weighted by molar-refractivity contribution is 5.76. The first-order valence-corrected chi connectivity index (χ1v) is 8.88. The van der Waals surface area contributed by atoms with Crippen LogP contribution in [0.5, 0.6) is 0 Å². The largest absolute Gasteiger partial charge is 0.378 e. The van der Waals surface area contributed by atoms with Crippen LogP contribution in [0.3, 0.4) is 0 Å². The number of anilines is 1. The van der Waals surface area contributed by atoms with Crippen molar-refractivity contribution in [1.29, 1.82) is 0 Å². The number of amides is 1. The monoisotopic (exact) mass is 340 g/mol. The minimum Gasteiger partial charge on any atom is -0.378 e. The second-order valence-electron chi connectivity index (χ2n) is 6.96. The topological polar surface area (TPSA) is 49.0 Å². The standard InChI is InChI=1S/C21H29N3O/c1-16(2)21(18-8-6-5-7-9-18)23-15-20(25)22-14-17-10-12-19(13-11-17)24(3)4/h5-13,16,21,23H,14-15H2,1-4H3,(H,22,25)/p+1/t21-/m0/s1. The number of nitrogens with two attached hydrogens (primary N) is 1. The molecule has 25 heavy (non-hydrogen) atoms. The lowest BCUT2D eigenvalue weighted by molar-refractivity contribution is -0.692. The van der Waals surface area contributed by atoms with Crippen molar-refractivity contribution < 1.29 is 10.1 Å². The fourth-order valence-corrected chi connectivity index (χ4v) is 2.89. The van der Waals surface area contributed by atoms with E-state index in [0.29, 0.717) is 25.0 Å². The van der Waals surface area contributed by atoms with Gasteiger partial charge in [0.2, 0.25) is 0 Å². The summed E-state index contributed by atoms with van der Waals surface area (Å²) in [5, 5.41) is 5.14. The molecule has 2 aromatic carbocycles. The Hall–Kier alpha value is -2.33. The molecule has 0 heterocycles. The lowest BCUT2D eigenvalue weighted by Gasteiger charge is -2.19. The minimum absolute atomic E-state index is 0.0678. The van der Waals surface area contributed by atoms with Crippen molar-refractivity contribution >= 4 is 11.6 Å².